The molecule has 0 bridgehead atoms. The second-order valence-corrected chi connectivity index (χ2v) is 28.2. The Hall–Kier alpha value is -1.94. The number of aryl methyl sites for hydroxylation is 2. The standard InChI is InChI=1S/C30H45O4P.C28H41O4P.Li.Na/c1-18-21-14-19(27(2,3)4)16-23(29(8,9)10)25(21)33-35(31,32)34-26-22(18)15-20(28(5,6)7)17-24(26)30(11,12)13;1-10-12-19-14-21-18(3)22-15-20(13-11-2)17-24(28(7,8)9)26(22)32-33(29,30)31-25(21)23(16-19)27(4,5)6;;/h14-18H,1-13H3,(H,31,32);14-18H,10-13H2,1-9H3,(H,29,30);;/q;;2*+1/p-2. The third-order valence-corrected chi connectivity index (χ3v) is 14.9. The molecule has 376 valence electrons. The van der Waals surface area contributed by atoms with Crippen LogP contribution in [-0.4, -0.2) is 0 Å². The third-order valence-electron chi connectivity index (χ3n) is 13.3. The maximum atomic E-state index is 13.4. The van der Waals surface area contributed by atoms with Gasteiger partial charge in [-0.25, -0.2) is 9.13 Å². The van der Waals surface area contributed by atoms with E-state index in [1.807, 2.05) is 0 Å². The zero-order valence-electron chi connectivity index (χ0n) is 47.8. The van der Waals surface area contributed by atoms with Gasteiger partial charge in [0.25, 0.3) is 0 Å². The summed E-state index contributed by atoms with van der Waals surface area (Å²) in [5, 5.41) is 0. The van der Waals surface area contributed by atoms with Crippen molar-refractivity contribution < 1.29 is 85.4 Å². The van der Waals surface area contributed by atoms with E-state index in [4.69, 9.17) is 18.1 Å². The van der Waals surface area contributed by atoms with Gasteiger partial charge in [0.1, 0.15) is 23.0 Å². The molecule has 0 amide bonds. The van der Waals surface area contributed by atoms with E-state index >= 15 is 0 Å². The van der Waals surface area contributed by atoms with E-state index in [-0.39, 0.29) is 92.7 Å². The van der Waals surface area contributed by atoms with Gasteiger partial charge in [-0.15, -0.1) is 0 Å². The van der Waals surface area contributed by atoms with Gasteiger partial charge in [0, 0.05) is 56.3 Å². The van der Waals surface area contributed by atoms with Crippen LogP contribution < -0.4 is 76.3 Å². The molecule has 12 heteroatoms. The van der Waals surface area contributed by atoms with Crippen LogP contribution in [0.2, 0.25) is 0 Å². The summed E-state index contributed by atoms with van der Waals surface area (Å²) in [5.41, 5.74) is 10.5. The molecule has 2 aliphatic rings. The maximum absolute atomic E-state index is 13.4. The maximum Gasteiger partial charge on any atom is 1.00 e. The van der Waals surface area contributed by atoms with Gasteiger partial charge in [0.15, 0.2) is 0 Å². The first-order valence-corrected chi connectivity index (χ1v) is 27.7. The van der Waals surface area contributed by atoms with Crippen molar-refractivity contribution >= 4 is 15.6 Å². The van der Waals surface area contributed by atoms with Crippen LogP contribution in [0, 0.1) is 0 Å². The van der Waals surface area contributed by atoms with Gasteiger partial charge < -0.3 is 27.9 Å². The van der Waals surface area contributed by atoms with Crippen molar-refractivity contribution in [2.24, 2.45) is 0 Å². The van der Waals surface area contributed by atoms with E-state index in [0.29, 0.717) is 23.0 Å². The normalized spacial score (nSPS) is 20.4. The van der Waals surface area contributed by atoms with Crippen LogP contribution in [0.25, 0.3) is 0 Å². The number of hydrogen-bond acceptors (Lipinski definition) is 8. The van der Waals surface area contributed by atoms with E-state index in [0.717, 1.165) is 81.3 Å². The summed E-state index contributed by atoms with van der Waals surface area (Å²) in [5.74, 6) is 1.45. The van der Waals surface area contributed by atoms with Crippen LogP contribution in [0.5, 0.6) is 23.0 Å². The van der Waals surface area contributed by atoms with Crippen molar-refractivity contribution in [1.29, 1.82) is 0 Å². The van der Waals surface area contributed by atoms with E-state index < -0.39 is 15.6 Å². The molecule has 70 heavy (non-hydrogen) atoms. The van der Waals surface area contributed by atoms with Gasteiger partial charge in [-0.1, -0.05) is 214 Å². The van der Waals surface area contributed by atoms with Crippen molar-refractivity contribution in [2.75, 3.05) is 0 Å². The van der Waals surface area contributed by atoms with Gasteiger partial charge in [-0.05, 0) is 67.6 Å². The molecule has 0 unspecified atom stereocenters. The summed E-state index contributed by atoms with van der Waals surface area (Å²) in [4.78, 5) is 26.6. The van der Waals surface area contributed by atoms with E-state index in [1.54, 1.807) is 0 Å². The third kappa shape index (κ3) is 14.3. The molecular formula is C58H84LiNaO8P2. The second kappa shape index (κ2) is 21.7. The first kappa shape index (κ1) is 62.4. The SMILES string of the molecule is CC1c2cc(C(C)(C)C)cc(C(C)(C)C)c2OP(=O)([O-])Oc2c1cc(C(C)(C)C)cc2C(C)(C)C.CCCc1cc2c(c(C(C)(C)C)c1)OP(=O)([O-])Oc1c(cc(CCC)cc1C(C)(C)C)C2C.[Li+].[Na+]. The number of phosphoric acid groups is 2. The summed E-state index contributed by atoms with van der Waals surface area (Å²) in [6, 6.07) is 16.9. The molecule has 0 aromatic heterocycles. The number of hydrogen-bond donors (Lipinski definition) is 0. The molecule has 4 aromatic rings. The second-order valence-electron chi connectivity index (χ2n) is 25.7. The fourth-order valence-corrected chi connectivity index (χ4v) is 11.0. The van der Waals surface area contributed by atoms with Crippen LogP contribution >= 0.6 is 15.6 Å². The van der Waals surface area contributed by atoms with Crippen LogP contribution in [0.15, 0.2) is 48.5 Å². The molecule has 0 N–H and O–H groups in total. The Labute approximate surface area is 458 Å². The Morgan fingerprint density at radius 2 is 0.643 bits per heavy atom. The fraction of sp³-hybridized carbons (Fsp3) is 0.586. The minimum absolute atomic E-state index is 0. The van der Waals surface area contributed by atoms with Gasteiger partial charge in [-0.2, -0.15) is 0 Å². The predicted octanol–water partition coefficient (Wildman–Crippen LogP) is 9.85. The van der Waals surface area contributed by atoms with Gasteiger partial charge >= 0.3 is 64.1 Å². The fourth-order valence-electron chi connectivity index (χ4n) is 9.20. The molecule has 2 aliphatic heterocycles. The minimum Gasteiger partial charge on any atom is -0.736 e. The van der Waals surface area contributed by atoms with Crippen LogP contribution in [0.1, 0.15) is 244 Å². The summed E-state index contributed by atoms with van der Waals surface area (Å²) >= 11 is 0. The molecule has 4 aromatic carbocycles. The summed E-state index contributed by atoms with van der Waals surface area (Å²) in [7, 11) is -9.36. The zero-order valence-corrected chi connectivity index (χ0v) is 51.6. The average molecular weight is 1000 g/mol. The monoisotopic (exact) mass is 1000 g/mol. The molecule has 0 saturated heterocycles. The van der Waals surface area contributed by atoms with E-state index in [2.05, 4.69) is 201 Å². The van der Waals surface area contributed by atoms with Gasteiger partial charge in [0.2, 0.25) is 0 Å². The van der Waals surface area contributed by atoms with Crippen LogP contribution in [0.3, 0.4) is 0 Å². The van der Waals surface area contributed by atoms with E-state index in [9.17, 15) is 18.9 Å². The summed E-state index contributed by atoms with van der Waals surface area (Å²) in [6.07, 6.45) is 3.91. The molecule has 8 nitrogen and oxygen atoms in total. The predicted molar refractivity (Wildman–Crippen MR) is 279 cm³/mol. The van der Waals surface area contributed by atoms with Crippen molar-refractivity contribution in [2.45, 2.75) is 222 Å². The van der Waals surface area contributed by atoms with Gasteiger partial charge in [0.05, 0.1) is 0 Å². The Bertz CT molecular complexity index is 2460. The molecule has 6 rings (SSSR count). The Morgan fingerprint density at radius 1 is 0.414 bits per heavy atom. The Morgan fingerprint density at radius 3 is 0.857 bits per heavy atom. The molecule has 0 spiro atoms. The number of phosphoric ester groups is 2. The number of rotatable bonds is 4. The molecule has 0 radical (unpaired) electrons. The van der Waals surface area contributed by atoms with Crippen LogP contribution in [-0.2, 0) is 54.5 Å². The smallest absolute Gasteiger partial charge is 0.736 e. The molecule has 2 heterocycles. The molecule has 0 fully saturated rings. The minimum atomic E-state index is -4.70. The zero-order chi connectivity index (χ0) is 51.7. The van der Waals surface area contributed by atoms with Gasteiger partial charge in [-0.3, -0.25) is 0 Å². The van der Waals surface area contributed by atoms with E-state index in [1.165, 1.54) is 11.1 Å². The average Bonchev–Trinajstić information content (AvgIpc) is 3.15. The van der Waals surface area contributed by atoms with Crippen molar-refractivity contribution in [1.82, 2.24) is 0 Å². The quantitative estimate of drug-likeness (QED) is 0.147. The molecule has 0 aliphatic carbocycles. The molecule has 0 saturated carbocycles. The van der Waals surface area contributed by atoms with Crippen molar-refractivity contribution in [3.63, 3.8) is 0 Å². The number of benzene rings is 4. The number of fused-ring (bicyclic) bond motifs is 4. The Balaban J connectivity index is 0.000000361. The summed E-state index contributed by atoms with van der Waals surface area (Å²) in [6.45, 7) is 46.7. The summed E-state index contributed by atoms with van der Waals surface area (Å²) < 4.78 is 49.8. The van der Waals surface area contributed by atoms with Crippen LogP contribution in [0.4, 0.5) is 0 Å². The first-order chi connectivity index (χ1) is 30.7. The molecule has 0 atom stereocenters. The topological polar surface area (TPSA) is 117 Å². The van der Waals surface area contributed by atoms with Crippen molar-refractivity contribution in [3.8, 4) is 23.0 Å². The Kier molecular flexibility index (Phi) is 19.4. The molecular weight excluding hydrogens is 917 g/mol. The van der Waals surface area contributed by atoms with Crippen molar-refractivity contribution in [3.05, 3.63) is 115 Å². The largest absolute Gasteiger partial charge is 1.00 e. The first-order valence-electron chi connectivity index (χ1n) is 24.8.